The van der Waals surface area contributed by atoms with E-state index in [0.29, 0.717) is 0 Å². The van der Waals surface area contributed by atoms with E-state index >= 15 is 0 Å². The number of nitrogens with one attached hydrogen (secondary N) is 1. The van der Waals surface area contributed by atoms with Gasteiger partial charge < -0.3 is 29.7 Å². The maximum Gasteiger partial charge on any atom is 0.305 e. The summed E-state index contributed by atoms with van der Waals surface area (Å²) >= 11 is 0. The zero-order chi connectivity index (χ0) is 19.1. The maximum atomic E-state index is 11.7. The quantitative estimate of drug-likeness (QED) is 0.586. The van der Waals surface area contributed by atoms with Crippen LogP contribution in [0.25, 0.3) is 0 Å². The van der Waals surface area contributed by atoms with E-state index in [4.69, 9.17) is 14.2 Å². The highest BCUT2D eigenvalue weighted by atomic mass is 16.7. The smallest absolute Gasteiger partial charge is 0.305 e. The Balaban J connectivity index is 2.20. The number of hydrogen-bond donors (Lipinski definition) is 3. The number of rotatable bonds is 7. The molecule has 1 fully saturated rings. The lowest BCUT2D eigenvalue weighted by Crippen LogP contribution is -2.65. The van der Waals surface area contributed by atoms with E-state index in [-0.39, 0.29) is 18.9 Å². The van der Waals surface area contributed by atoms with Gasteiger partial charge in [0.25, 0.3) is 0 Å². The molecule has 0 bridgehead atoms. The molecule has 1 heterocycles. The van der Waals surface area contributed by atoms with Crippen molar-refractivity contribution in [3.05, 3.63) is 35.9 Å². The number of carbonyl (C=O) groups excluding carboxylic acids is 2. The van der Waals surface area contributed by atoms with E-state index in [2.05, 4.69) is 5.32 Å². The number of hydrogen-bond acceptors (Lipinski definition) is 7. The van der Waals surface area contributed by atoms with Crippen molar-refractivity contribution in [2.24, 2.45) is 0 Å². The van der Waals surface area contributed by atoms with Gasteiger partial charge in [-0.2, -0.15) is 0 Å². The zero-order valence-electron chi connectivity index (χ0n) is 14.8. The van der Waals surface area contributed by atoms with Gasteiger partial charge in [-0.05, 0) is 5.56 Å². The summed E-state index contributed by atoms with van der Waals surface area (Å²) in [6, 6.07) is 8.41. The number of carbonyl (C=O) groups is 2. The van der Waals surface area contributed by atoms with Crippen LogP contribution >= 0.6 is 0 Å². The lowest BCUT2D eigenvalue weighted by atomic mass is 9.96. The first-order valence-electron chi connectivity index (χ1n) is 8.52. The first-order valence-corrected chi connectivity index (χ1v) is 8.52. The fraction of sp³-hybridized carbons (Fsp3) is 0.556. The molecule has 0 saturated carbocycles. The predicted molar refractivity (Wildman–Crippen MR) is 90.8 cm³/mol. The molecule has 2 rings (SSSR count). The van der Waals surface area contributed by atoms with Crippen molar-refractivity contribution in [1.82, 2.24) is 5.32 Å². The average Bonchev–Trinajstić information content (AvgIpc) is 2.64. The number of aliphatic hydroxyl groups is 2. The monoisotopic (exact) mass is 367 g/mol. The fourth-order valence-electron chi connectivity index (χ4n) is 2.73. The molecule has 1 amide bonds. The summed E-state index contributed by atoms with van der Waals surface area (Å²) in [4.78, 5) is 23.3. The molecule has 26 heavy (non-hydrogen) atoms. The summed E-state index contributed by atoms with van der Waals surface area (Å²) in [5.41, 5.74) is 0.881. The number of amides is 1. The first-order chi connectivity index (χ1) is 12.5. The SMILES string of the molecule is CCC(=O)OC1[C@H](O)C(CO)O[C@@H](OCc2ccccc2)[C@H]1NC(C)=O. The lowest BCUT2D eigenvalue weighted by Gasteiger charge is -2.43. The van der Waals surface area contributed by atoms with E-state index < -0.39 is 43.2 Å². The van der Waals surface area contributed by atoms with Crippen LogP contribution < -0.4 is 5.32 Å². The van der Waals surface area contributed by atoms with Crippen LogP contribution in [0.2, 0.25) is 0 Å². The summed E-state index contributed by atoms with van der Waals surface area (Å²) in [5.74, 6) is -0.927. The van der Waals surface area contributed by atoms with Crippen LogP contribution in [0.3, 0.4) is 0 Å². The molecule has 144 valence electrons. The van der Waals surface area contributed by atoms with Gasteiger partial charge in [0.05, 0.1) is 13.2 Å². The van der Waals surface area contributed by atoms with Crippen LogP contribution in [-0.4, -0.2) is 59.3 Å². The Morgan fingerprint density at radius 3 is 2.54 bits per heavy atom. The molecular weight excluding hydrogens is 342 g/mol. The van der Waals surface area contributed by atoms with Crippen molar-refractivity contribution >= 4 is 11.9 Å². The van der Waals surface area contributed by atoms with Gasteiger partial charge >= 0.3 is 5.97 Å². The summed E-state index contributed by atoms with van der Waals surface area (Å²) < 4.78 is 16.7. The minimum Gasteiger partial charge on any atom is -0.457 e. The lowest BCUT2D eigenvalue weighted by molar-refractivity contribution is -0.276. The fourth-order valence-corrected chi connectivity index (χ4v) is 2.73. The van der Waals surface area contributed by atoms with Crippen molar-refractivity contribution in [1.29, 1.82) is 0 Å². The molecule has 0 aromatic heterocycles. The molecule has 0 spiro atoms. The van der Waals surface area contributed by atoms with E-state index in [0.717, 1.165) is 5.56 Å². The molecule has 1 saturated heterocycles. The third-order valence-electron chi connectivity index (χ3n) is 4.04. The van der Waals surface area contributed by atoms with Crippen LogP contribution in [0.15, 0.2) is 30.3 Å². The van der Waals surface area contributed by atoms with Crippen LogP contribution in [0.1, 0.15) is 25.8 Å². The van der Waals surface area contributed by atoms with E-state index in [1.165, 1.54) is 6.92 Å². The second kappa shape index (κ2) is 9.63. The topological polar surface area (TPSA) is 114 Å². The van der Waals surface area contributed by atoms with Gasteiger partial charge in [-0.3, -0.25) is 9.59 Å². The highest BCUT2D eigenvalue weighted by Gasteiger charge is 2.48. The minimum absolute atomic E-state index is 0.107. The Labute approximate surface area is 152 Å². The van der Waals surface area contributed by atoms with E-state index in [1.807, 2.05) is 30.3 Å². The molecule has 8 nitrogen and oxygen atoms in total. The minimum atomic E-state index is -1.30. The average molecular weight is 367 g/mol. The first kappa shape index (κ1) is 20.3. The van der Waals surface area contributed by atoms with Gasteiger partial charge in [0, 0.05) is 13.3 Å². The largest absolute Gasteiger partial charge is 0.457 e. The summed E-state index contributed by atoms with van der Waals surface area (Å²) in [6.45, 7) is 2.62. The normalized spacial score (nSPS) is 28.4. The molecule has 1 aliphatic heterocycles. The highest BCUT2D eigenvalue weighted by Crippen LogP contribution is 2.25. The van der Waals surface area contributed by atoms with Crippen LogP contribution in [-0.2, 0) is 30.4 Å². The third-order valence-corrected chi connectivity index (χ3v) is 4.04. The van der Waals surface area contributed by atoms with Crippen molar-refractivity contribution in [2.45, 2.75) is 57.5 Å². The van der Waals surface area contributed by atoms with Gasteiger partial charge in [-0.25, -0.2) is 0 Å². The molecule has 2 unspecified atom stereocenters. The van der Waals surface area contributed by atoms with E-state index in [9.17, 15) is 19.8 Å². The van der Waals surface area contributed by atoms with Crippen molar-refractivity contribution < 1.29 is 34.0 Å². The molecule has 1 aliphatic rings. The molecule has 1 aromatic rings. The third kappa shape index (κ3) is 5.25. The number of ether oxygens (including phenoxy) is 3. The van der Waals surface area contributed by atoms with Crippen LogP contribution in [0.5, 0.6) is 0 Å². The second-order valence-corrected chi connectivity index (χ2v) is 6.05. The molecule has 8 heteroatoms. The van der Waals surface area contributed by atoms with Crippen molar-refractivity contribution in [2.75, 3.05) is 6.61 Å². The second-order valence-electron chi connectivity index (χ2n) is 6.05. The highest BCUT2D eigenvalue weighted by molar-refractivity contribution is 5.73. The van der Waals surface area contributed by atoms with Gasteiger partial charge in [0.15, 0.2) is 12.4 Å². The Kier molecular flexibility index (Phi) is 7.52. The van der Waals surface area contributed by atoms with Crippen LogP contribution in [0, 0.1) is 0 Å². The van der Waals surface area contributed by atoms with Gasteiger partial charge in [-0.15, -0.1) is 0 Å². The number of esters is 1. The van der Waals surface area contributed by atoms with Crippen molar-refractivity contribution in [3.8, 4) is 0 Å². The Bertz CT molecular complexity index is 594. The maximum absolute atomic E-state index is 11.7. The van der Waals surface area contributed by atoms with Gasteiger partial charge in [0.1, 0.15) is 18.2 Å². The molecule has 5 atom stereocenters. The molecular formula is C18H25NO7. The summed E-state index contributed by atoms with van der Waals surface area (Å²) in [7, 11) is 0. The van der Waals surface area contributed by atoms with Gasteiger partial charge in [0.2, 0.25) is 5.91 Å². The van der Waals surface area contributed by atoms with Crippen molar-refractivity contribution in [3.63, 3.8) is 0 Å². The van der Waals surface area contributed by atoms with Crippen LogP contribution in [0.4, 0.5) is 0 Å². The Morgan fingerprint density at radius 2 is 1.96 bits per heavy atom. The molecule has 0 radical (unpaired) electrons. The number of benzene rings is 1. The Hall–Kier alpha value is -2.00. The summed E-state index contributed by atoms with van der Waals surface area (Å²) in [5, 5.41) is 22.5. The molecule has 1 aromatic carbocycles. The summed E-state index contributed by atoms with van der Waals surface area (Å²) in [6.07, 6.45) is -4.30. The standard InChI is InChI=1S/C18H25NO7/c1-3-14(22)26-17-15(19-11(2)21)18(25-13(9-20)16(17)23)24-10-12-7-5-4-6-8-12/h4-8,13,15-18,20,23H,3,9-10H2,1-2H3,(H,19,21)/t13?,15-,16+,17?,18+/m0/s1. The zero-order valence-corrected chi connectivity index (χ0v) is 14.8. The predicted octanol–water partition coefficient (Wildman–Crippen LogP) is 0.108. The van der Waals surface area contributed by atoms with Gasteiger partial charge in [-0.1, -0.05) is 37.3 Å². The molecule has 0 aliphatic carbocycles. The Morgan fingerprint density at radius 1 is 1.27 bits per heavy atom. The molecule has 3 N–H and O–H groups in total. The number of aliphatic hydroxyl groups excluding tert-OH is 2. The van der Waals surface area contributed by atoms with E-state index in [1.54, 1.807) is 6.92 Å².